The van der Waals surface area contributed by atoms with Gasteiger partial charge in [0.25, 0.3) is 16.1 Å². The molecule has 10 nitrogen and oxygen atoms in total. The zero-order valence-corrected chi connectivity index (χ0v) is 13.2. The molecule has 0 aliphatic rings. The molecule has 11 heteroatoms. The smallest absolute Gasteiger partial charge is 0.351 e. The highest BCUT2D eigenvalue weighted by Crippen LogP contribution is 2.28. The molecule has 0 heterocycles. The summed E-state index contributed by atoms with van der Waals surface area (Å²) in [6, 6.07) is 4.02. The predicted octanol–water partition coefficient (Wildman–Crippen LogP) is -0.178. The lowest BCUT2D eigenvalue weighted by Crippen LogP contribution is -2.32. The first-order chi connectivity index (χ1) is 10.5. The normalized spacial score (nSPS) is 11.7. The SMILES string of the molecule is CC(C)(COc1cccc(NS(N)(=O)=O)c1C(N)=O)C(=O)OO. The molecule has 0 saturated heterocycles. The summed E-state index contributed by atoms with van der Waals surface area (Å²) < 4.78 is 29.5. The lowest BCUT2D eigenvalue weighted by Gasteiger charge is -2.21. The molecule has 1 amide bonds. The minimum absolute atomic E-state index is 0.0648. The number of carbonyl (C=O) groups excluding carboxylic acids is 2. The van der Waals surface area contributed by atoms with Gasteiger partial charge in [0.15, 0.2) is 0 Å². The average Bonchev–Trinajstić information content (AvgIpc) is 2.42. The van der Waals surface area contributed by atoms with Crippen molar-refractivity contribution >= 4 is 27.8 Å². The van der Waals surface area contributed by atoms with Crippen LogP contribution in [0.15, 0.2) is 18.2 Å². The lowest BCUT2D eigenvalue weighted by molar-refractivity contribution is -0.245. The monoisotopic (exact) mass is 347 g/mol. The molecule has 0 aliphatic carbocycles. The number of carbonyl (C=O) groups is 2. The Morgan fingerprint density at radius 1 is 1.35 bits per heavy atom. The van der Waals surface area contributed by atoms with E-state index in [0.717, 1.165) is 0 Å². The minimum atomic E-state index is -4.13. The molecule has 6 N–H and O–H groups in total. The van der Waals surface area contributed by atoms with Gasteiger partial charge in [0.05, 0.1) is 11.1 Å². The molecule has 23 heavy (non-hydrogen) atoms. The van der Waals surface area contributed by atoms with Crippen molar-refractivity contribution in [2.75, 3.05) is 11.3 Å². The fourth-order valence-electron chi connectivity index (χ4n) is 1.58. The number of nitrogens with one attached hydrogen (secondary N) is 1. The summed E-state index contributed by atoms with van der Waals surface area (Å²) >= 11 is 0. The second kappa shape index (κ2) is 6.81. The van der Waals surface area contributed by atoms with E-state index in [4.69, 9.17) is 20.9 Å². The molecule has 1 rings (SSSR count). The topological polar surface area (TPSA) is 171 Å². The number of primary amides is 1. The molecular weight excluding hydrogens is 330 g/mol. The van der Waals surface area contributed by atoms with Crippen LogP contribution in [0.3, 0.4) is 0 Å². The van der Waals surface area contributed by atoms with E-state index in [1.165, 1.54) is 32.0 Å². The van der Waals surface area contributed by atoms with Gasteiger partial charge in [0.1, 0.15) is 17.9 Å². The largest absolute Gasteiger partial charge is 0.491 e. The van der Waals surface area contributed by atoms with Crippen LogP contribution in [0.5, 0.6) is 5.75 Å². The first-order valence-electron chi connectivity index (χ1n) is 6.20. The van der Waals surface area contributed by atoms with E-state index in [9.17, 15) is 18.0 Å². The highest BCUT2D eigenvalue weighted by molar-refractivity contribution is 7.90. The molecule has 0 radical (unpaired) electrons. The van der Waals surface area contributed by atoms with Crippen molar-refractivity contribution in [2.24, 2.45) is 16.3 Å². The van der Waals surface area contributed by atoms with Gasteiger partial charge in [0.2, 0.25) is 0 Å². The van der Waals surface area contributed by atoms with E-state index in [1.54, 1.807) is 0 Å². The van der Waals surface area contributed by atoms with E-state index in [-0.39, 0.29) is 23.6 Å². The maximum Gasteiger partial charge on any atom is 0.351 e. The van der Waals surface area contributed by atoms with Gasteiger partial charge in [-0.05, 0) is 26.0 Å². The number of anilines is 1. The van der Waals surface area contributed by atoms with Crippen LogP contribution in [-0.4, -0.2) is 32.2 Å². The number of amides is 1. The van der Waals surface area contributed by atoms with Crippen LogP contribution in [0.2, 0.25) is 0 Å². The molecule has 0 aliphatic heterocycles. The van der Waals surface area contributed by atoms with Crippen LogP contribution < -0.4 is 20.3 Å². The highest BCUT2D eigenvalue weighted by Gasteiger charge is 2.32. The number of hydrogen-bond donors (Lipinski definition) is 4. The van der Waals surface area contributed by atoms with Crippen LogP contribution in [0.1, 0.15) is 24.2 Å². The lowest BCUT2D eigenvalue weighted by atomic mass is 9.95. The van der Waals surface area contributed by atoms with Gasteiger partial charge in [0, 0.05) is 0 Å². The summed E-state index contributed by atoms with van der Waals surface area (Å²) in [6.45, 7) is 2.59. The van der Waals surface area contributed by atoms with E-state index < -0.39 is 27.5 Å². The number of ether oxygens (including phenoxy) is 1. The molecule has 0 saturated carbocycles. The standard InChI is InChI=1S/C12H17N3O7S/c1-12(2,11(17)22-18)6-21-8-5-3-4-7(9(8)10(13)16)15-23(14,19)20/h3-5,15,18H,6H2,1-2H3,(H2,13,16)(H2,14,19,20). The van der Waals surface area contributed by atoms with E-state index in [1.807, 2.05) is 4.72 Å². The minimum Gasteiger partial charge on any atom is -0.491 e. The van der Waals surface area contributed by atoms with Crippen LogP contribution in [-0.2, 0) is 19.9 Å². The summed E-state index contributed by atoms with van der Waals surface area (Å²) in [7, 11) is -4.13. The molecule has 128 valence electrons. The Morgan fingerprint density at radius 3 is 2.43 bits per heavy atom. The van der Waals surface area contributed by atoms with Gasteiger partial charge in [-0.15, -0.1) is 0 Å². The van der Waals surface area contributed by atoms with Crippen LogP contribution in [0, 0.1) is 5.41 Å². The molecule has 0 bridgehead atoms. The van der Waals surface area contributed by atoms with Crippen LogP contribution >= 0.6 is 0 Å². The van der Waals surface area contributed by atoms with Crippen molar-refractivity contribution in [1.82, 2.24) is 0 Å². The van der Waals surface area contributed by atoms with Crippen molar-refractivity contribution in [3.63, 3.8) is 0 Å². The third-order valence-corrected chi connectivity index (χ3v) is 3.25. The van der Waals surface area contributed by atoms with Crippen molar-refractivity contribution < 1.29 is 32.9 Å². The zero-order chi connectivity index (χ0) is 17.8. The molecule has 0 aromatic heterocycles. The summed E-state index contributed by atoms with van der Waals surface area (Å²) in [5.41, 5.74) is 3.58. The second-order valence-electron chi connectivity index (χ2n) is 5.24. The number of nitrogens with two attached hydrogens (primary N) is 2. The van der Waals surface area contributed by atoms with Crippen LogP contribution in [0.25, 0.3) is 0 Å². The molecule has 1 aromatic rings. The number of rotatable bonds is 7. The molecule has 0 fully saturated rings. The first kappa shape index (κ1) is 18.7. The maximum absolute atomic E-state index is 11.6. The molecule has 0 atom stereocenters. The third-order valence-electron chi connectivity index (χ3n) is 2.75. The van der Waals surface area contributed by atoms with Gasteiger partial charge in [-0.2, -0.15) is 13.7 Å². The van der Waals surface area contributed by atoms with Gasteiger partial charge in [-0.1, -0.05) is 6.07 Å². The number of hydrogen-bond acceptors (Lipinski definition) is 7. The van der Waals surface area contributed by atoms with Gasteiger partial charge >= 0.3 is 5.97 Å². The molecule has 1 aromatic carbocycles. The fraction of sp³-hybridized carbons (Fsp3) is 0.333. The van der Waals surface area contributed by atoms with E-state index >= 15 is 0 Å². The quantitative estimate of drug-likeness (QED) is 0.391. The fourth-order valence-corrected chi connectivity index (χ4v) is 2.06. The zero-order valence-electron chi connectivity index (χ0n) is 12.4. The molecule has 0 spiro atoms. The number of benzene rings is 1. The van der Waals surface area contributed by atoms with Crippen LogP contribution in [0.4, 0.5) is 5.69 Å². The van der Waals surface area contributed by atoms with E-state index in [0.29, 0.717) is 0 Å². The Balaban J connectivity index is 3.15. The Hall–Kier alpha value is -2.37. The van der Waals surface area contributed by atoms with Crippen molar-refractivity contribution in [3.8, 4) is 5.75 Å². The Bertz CT molecular complexity index is 715. The van der Waals surface area contributed by atoms with Crippen molar-refractivity contribution in [1.29, 1.82) is 0 Å². The van der Waals surface area contributed by atoms with Gasteiger partial charge in [-0.3, -0.25) is 9.52 Å². The predicted molar refractivity (Wildman–Crippen MR) is 79.7 cm³/mol. The van der Waals surface area contributed by atoms with Crippen molar-refractivity contribution in [3.05, 3.63) is 23.8 Å². The summed E-state index contributed by atoms with van der Waals surface area (Å²) in [6.07, 6.45) is 0. The van der Waals surface area contributed by atoms with Crippen molar-refractivity contribution in [2.45, 2.75) is 13.8 Å². The first-order valence-corrected chi connectivity index (χ1v) is 7.74. The van der Waals surface area contributed by atoms with E-state index in [2.05, 4.69) is 4.89 Å². The Kier molecular flexibility index (Phi) is 5.53. The third kappa shape index (κ3) is 5.09. The summed E-state index contributed by atoms with van der Waals surface area (Å²) in [5.74, 6) is -1.98. The van der Waals surface area contributed by atoms with Gasteiger partial charge < -0.3 is 15.4 Å². The summed E-state index contributed by atoms with van der Waals surface area (Å²) in [5, 5.41) is 13.3. The average molecular weight is 347 g/mol. The maximum atomic E-state index is 11.6. The summed E-state index contributed by atoms with van der Waals surface area (Å²) in [4.78, 5) is 26.6. The Labute approximate surface area is 132 Å². The molecule has 0 unspecified atom stereocenters. The van der Waals surface area contributed by atoms with Gasteiger partial charge in [-0.25, -0.2) is 9.93 Å². The Morgan fingerprint density at radius 2 is 1.96 bits per heavy atom. The molecular formula is C12H17N3O7S. The second-order valence-corrected chi connectivity index (χ2v) is 6.54. The highest BCUT2D eigenvalue weighted by atomic mass is 32.2.